The molecule has 1 heterocycles. The summed E-state index contributed by atoms with van der Waals surface area (Å²) in [6, 6.07) is 0.637. The van der Waals surface area contributed by atoms with Crippen LogP contribution in [0.1, 0.15) is 66.2 Å². The maximum atomic E-state index is 12.2. The van der Waals surface area contributed by atoms with E-state index in [0.29, 0.717) is 6.04 Å². The fourth-order valence-corrected chi connectivity index (χ4v) is 4.83. The number of nitrogens with one attached hydrogen (secondary N) is 1. The number of piperidine rings is 1. The molecule has 1 N–H and O–H groups in total. The van der Waals surface area contributed by atoms with Gasteiger partial charge >= 0.3 is 0 Å². The van der Waals surface area contributed by atoms with E-state index in [9.17, 15) is 8.42 Å². The summed E-state index contributed by atoms with van der Waals surface area (Å²) in [7, 11) is -3.13. The van der Waals surface area contributed by atoms with Gasteiger partial charge in [0, 0.05) is 12.1 Å². The van der Waals surface area contributed by atoms with Gasteiger partial charge in [0.25, 0.3) is 0 Å². The normalized spacial score (nSPS) is 19.1. The van der Waals surface area contributed by atoms with Crippen LogP contribution in [0.3, 0.4) is 0 Å². The van der Waals surface area contributed by atoms with Crippen molar-refractivity contribution < 1.29 is 8.42 Å². The molecular formula is C15H32N2O2S. The second kappa shape index (κ2) is 8.35. The lowest BCUT2D eigenvalue weighted by molar-refractivity contribution is 0.147. The van der Waals surface area contributed by atoms with Crippen molar-refractivity contribution in [2.75, 3.05) is 13.1 Å². The lowest BCUT2D eigenvalue weighted by atomic mass is 10.0. The van der Waals surface area contributed by atoms with Crippen molar-refractivity contribution in [3.63, 3.8) is 0 Å². The summed E-state index contributed by atoms with van der Waals surface area (Å²) in [5, 5.41) is -0.204. The van der Waals surface area contributed by atoms with Crippen molar-refractivity contribution in [1.29, 1.82) is 0 Å². The summed E-state index contributed by atoms with van der Waals surface area (Å²) < 4.78 is 27.1. The standard InChI is InChI=1S/C15H32N2O2S/c1-5-7-14(8-6-2)17-11-9-15(10-12-17)20(18,19)16-13(3)4/h13-16H,5-12H2,1-4H3. The van der Waals surface area contributed by atoms with E-state index in [2.05, 4.69) is 23.5 Å². The van der Waals surface area contributed by atoms with Gasteiger partial charge in [-0.2, -0.15) is 0 Å². The van der Waals surface area contributed by atoms with Crippen LogP contribution in [0.5, 0.6) is 0 Å². The molecule has 0 aromatic rings. The third-order valence-corrected chi connectivity index (χ3v) is 6.22. The molecule has 0 bridgehead atoms. The number of nitrogens with zero attached hydrogens (tertiary/aromatic N) is 1. The van der Waals surface area contributed by atoms with E-state index in [1.54, 1.807) is 0 Å². The first-order valence-electron chi connectivity index (χ1n) is 8.15. The van der Waals surface area contributed by atoms with Gasteiger partial charge in [-0.05, 0) is 52.6 Å². The van der Waals surface area contributed by atoms with Crippen LogP contribution < -0.4 is 4.72 Å². The molecule has 0 amide bonds. The van der Waals surface area contributed by atoms with E-state index in [1.165, 1.54) is 25.7 Å². The smallest absolute Gasteiger partial charge is 0.214 e. The highest BCUT2D eigenvalue weighted by Crippen LogP contribution is 2.22. The van der Waals surface area contributed by atoms with Gasteiger partial charge in [0.2, 0.25) is 10.0 Å². The minimum atomic E-state index is -3.13. The van der Waals surface area contributed by atoms with Crippen LogP contribution in [0, 0.1) is 0 Å². The molecular weight excluding hydrogens is 272 g/mol. The van der Waals surface area contributed by atoms with Gasteiger partial charge < -0.3 is 4.90 Å². The maximum absolute atomic E-state index is 12.2. The second-order valence-corrected chi connectivity index (χ2v) is 8.28. The first-order chi connectivity index (χ1) is 9.40. The molecule has 0 unspecified atom stereocenters. The van der Waals surface area contributed by atoms with Crippen LogP contribution in [0.25, 0.3) is 0 Å². The largest absolute Gasteiger partial charge is 0.300 e. The molecule has 0 atom stereocenters. The predicted molar refractivity (Wildman–Crippen MR) is 85.4 cm³/mol. The Hall–Kier alpha value is -0.130. The van der Waals surface area contributed by atoms with Crippen LogP contribution in [0.15, 0.2) is 0 Å². The van der Waals surface area contributed by atoms with Gasteiger partial charge in [-0.15, -0.1) is 0 Å². The van der Waals surface area contributed by atoms with Gasteiger partial charge in [-0.1, -0.05) is 26.7 Å². The maximum Gasteiger partial charge on any atom is 0.214 e. The predicted octanol–water partition coefficient (Wildman–Crippen LogP) is 2.75. The monoisotopic (exact) mass is 304 g/mol. The Bertz CT molecular complexity index is 354. The Morgan fingerprint density at radius 1 is 1.10 bits per heavy atom. The molecule has 0 aromatic heterocycles. The third kappa shape index (κ3) is 5.34. The van der Waals surface area contributed by atoms with E-state index in [1.807, 2.05) is 13.8 Å². The van der Waals surface area contributed by atoms with Crippen molar-refractivity contribution in [1.82, 2.24) is 9.62 Å². The molecule has 0 radical (unpaired) electrons. The van der Waals surface area contributed by atoms with E-state index in [4.69, 9.17) is 0 Å². The number of likely N-dealkylation sites (tertiary alicyclic amines) is 1. The zero-order valence-corrected chi connectivity index (χ0v) is 14.4. The number of hydrogen-bond donors (Lipinski definition) is 1. The van der Waals surface area contributed by atoms with Gasteiger partial charge in [0.05, 0.1) is 5.25 Å². The molecule has 120 valence electrons. The average molecular weight is 305 g/mol. The van der Waals surface area contributed by atoms with E-state index in [-0.39, 0.29) is 11.3 Å². The van der Waals surface area contributed by atoms with E-state index in [0.717, 1.165) is 25.9 Å². The van der Waals surface area contributed by atoms with Gasteiger partial charge in [0.15, 0.2) is 0 Å². The zero-order chi connectivity index (χ0) is 15.2. The highest BCUT2D eigenvalue weighted by molar-refractivity contribution is 7.90. The molecule has 0 aromatic carbocycles. The molecule has 20 heavy (non-hydrogen) atoms. The van der Waals surface area contributed by atoms with Crippen LogP contribution in [-0.4, -0.2) is 43.7 Å². The molecule has 0 spiro atoms. The Morgan fingerprint density at radius 2 is 1.60 bits per heavy atom. The van der Waals surface area contributed by atoms with Crippen LogP contribution in [-0.2, 0) is 10.0 Å². The van der Waals surface area contributed by atoms with E-state index >= 15 is 0 Å². The highest BCUT2D eigenvalue weighted by Gasteiger charge is 2.32. The first kappa shape index (κ1) is 17.9. The number of sulfonamides is 1. The van der Waals surface area contributed by atoms with Crippen LogP contribution in [0.2, 0.25) is 0 Å². The Labute approximate surface area is 125 Å². The van der Waals surface area contributed by atoms with Crippen LogP contribution >= 0.6 is 0 Å². The molecule has 0 aliphatic carbocycles. The van der Waals surface area contributed by atoms with Crippen molar-refractivity contribution in [2.24, 2.45) is 0 Å². The van der Waals surface area contributed by atoms with Gasteiger partial charge in [0.1, 0.15) is 0 Å². The minimum absolute atomic E-state index is 0.00837. The van der Waals surface area contributed by atoms with Crippen molar-refractivity contribution in [3.8, 4) is 0 Å². The molecule has 1 saturated heterocycles. The fraction of sp³-hybridized carbons (Fsp3) is 1.00. The van der Waals surface area contributed by atoms with Crippen molar-refractivity contribution in [2.45, 2.75) is 83.6 Å². The Morgan fingerprint density at radius 3 is 2.00 bits per heavy atom. The quantitative estimate of drug-likeness (QED) is 0.750. The van der Waals surface area contributed by atoms with Gasteiger partial charge in [-0.3, -0.25) is 0 Å². The molecule has 1 fully saturated rings. The average Bonchev–Trinajstić information content (AvgIpc) is 2.37. The Balaban J connectivity index is 2.54. The summed E-state index contributed by atoms with van der Waals surface area (Å²) in [5.74, 6) is 0. The van der Waals surface area contributed by atoms with Crippen molar-refractivity contribution in [3.05, 3.63) is 0 Å². The molecule has 4 nitrogen and oxygen atoms in total. The van der Waals surface area contributed by atoms with Gasteiger partial charge in [-0.25, -0.2) is 13.1 Å². The first-order valence-corrected chi connectivity index (χ1v) is 9.70. The molecule has 1 rings (SSSR count). The SMILES string of the molecule is CCCC(CCC)N1CCC(S(=O)(=O)NC(C)C)CC1. The lowest BCUT2D eigenvalue weighted by Gasteiger charge is -2.37. The van der Waals surface area contributed by atoms with Crippen LogP contribution in [0.4, 0.5) is 0 Å². The minimum Gasteiger partial charge on any atom is -0.300 e. The molecule has 5 heteroatoms. The summed E-state index contributed by atoms with van der Waals surface area (Å²) >= 11 is 0. The summed E-state index contributed by atoms with van der Waals surface area (Å²) in [6.45, 7) is 10.1. The fourth-order valence-electron chi connectivity index (χ4n) is 3.15. The molecule has 1 aliphatic heterocycles. The lowest BCUT2D eigenvalue weighted by Crippen LogP contribution is -2.48. The summed E-state index contributed by atoms with van der Waals surface area (Å²) in [4.78, 5) is 2.51. The number of hydrogen-bond acceptors (Lipinski definition) is 3. The third-order valence-electron chi connectivity index (χ3n) is 4.08. The van der Waals surface area contributed by atoms with E-state index < -0.39 is 10.0 Å². The van der Waals surface area contributed by atoms with Crippen molar-refractivity contribution >= 4 is 10.0 Å². The number of rotatable bonds is 8. The zero-order valence-electron chi connectivity index (χ0n) is 13.6. The highest BCUT2D eigenvalue weighted by atomic mass is 32.2. The summed E-state index contributed by atoms with van der Waals surface area (Å²) in [6.07, 6.45) is 6.42. The molecule has 1 aliphatic rings. The molecule has 0 saturated carbocycles. The summed E-state index contributed by atoms with van der Waals surface area (Å²) in [5.41, 5.74) is 0. The second-order valence-electron chi connectivity index (χ2n) is 6.28. The Kier molecular flexibility index (Phi) is 7.48. The topological polar surface area (TPSA) is 49.4 Å².